The fourth-order valence-electron chi connectivity index (χ4n) is 0.807. The van der Waals surface area contributed by atoms with Crippen LogP contribution >= 0.6 is 0 Å². The maximum absolute atomic E-state index is 5.69. The van der Waals surface area contributed by atoms with E-state index < -0.39 is 0 Å². The molecule has 0 aliphatic heterocycles. The van der Waals surface area contributed by atoms with E-state index in [1.54, 1.807) is 10.9 Å². The number of unbranched alkanes of at least 4 members (excludes halogenated alkanes) is 1. The number of rotatable bonds is 3. The number of allylic oxidation sites excluding steroid dienone is 1. The minimum absolute atomic E-state index is 0.705. The average molecular weight is 151 g/mol. The molecule has 0 spiro atoms. The highest BCUT2D eigenvalue weighted by Gasteiger charge is 1.90. The monoisotopic (exact) mass is 151 g/mol. The summed E-state index contributed by atoms with van der Waals surface area (Å²) in [5, 5.41) is 3.99. The van der Waals surface area contributed by atoms with E-state index in [0.29, 0.717) is 5.82 Å². The highest BCUT2D eigenvalue weighted by Crippen LogP contribution is 1.97. The molecule has 3 heteroatoms. The van der Waals surface area contributed by atoms with Crippen LogP contribution in [-0.2, 0) is 0 Å². The number of aromatic nitrogens is 2. The molecule has 0 aliphatic rings. The van der Waals surface area contributed by atoms with Crippen molar-refractivity contribution in [2.45, 2.75) is 19.8 Å². The maximum atomic E-state index is 5.69. The van der Waals surface area contributed by atoms with Crippen LogP contribution in [0.2, 0.25) is 0 Å². The predicted octanol–water partition coefficient (Wildman–Crippen LogP) is 1.44. The van der Waals surface area contributed by atoms with E-state index in [4.69, 9.17) is 5.73 Å². The van der Waals surface area contributed by atoms with Gasteiger partial charge >= 0.3 is 0 Å². The second kappa shape index (κ2) is 3.81. The summed E-state index contributed by atoms with van der Waals surface area (Å²) in [6.07, 6.45) is 7.65. The molecule has 1 aromatic rings. The van der Waals surface area contributed by atoms with Crippen molar-refractivity contribution in [3.8, 4) is 0 Å². The molecule has 0 aliphatic carbocycles. The first-order chi connectivity index (χ1) is 5.34. The fourth-order valence-corrected chi connectivity index (χ4v) is 0.807. The standard InChI is InChI=1S/C8H13N3/c1-2-3-5-8(9)11-7-4-6-10-11/h4-7H,2-3,9H2,1H3/b8-5+. The molecule has 0 aromatic carbocycles. The Kier molecular flexibility index (Phi) is 2.72. The van der Waals surface area contributed by atoms with Crippen LogP contribution < -0.4 is 5.73 Å². The molecule has 0 saturated carbocycles. The number of hydrogen-bond acceptors (Lipinski definition) is 2. The van der Waals surface area contributed by atoms with Gasteiger partial charge in [0.05, 0.1) is 0 Å². The Bertz CT molecular complexity index is 223. The van der Waals surface area contributed by atoms with E-state index in [1.807, 2.05) is 18.3 Å². The van der Waals surface area contributed by atoms with Crippen molar-refractivity contribution in [1.29, 1.82) is 0 Å². The van der Waals surface area contributed by atoms with Gasteiger partial charge in [0.15, 0.2) is 0 Å². The topological polar surface area (TPSA) is 43.8 Å². The first kappa shape index (κ1) is 7.85. The van der Waals surface area contributed by atoms with Gasteiger partial charge in [0.1, 0.15) is 5.82 Å². The molecule has 2 N–H and O–H groups in total. The Morgan fingerprint density at radius 1 is 1.73 bits per heavy atom. The van der Waals surface area contributed by atoms with Crippen LogP contribution in [0.4, 0.5) is 0 Å². The number of nitrogens with two attached hydrogens (primary N) is 1. The van der Waals surface area contributed by atoms with E-state index in [9.17, 15) is 0 Å². The van der Waals surface area contributed by atoms with Gasteiger partial charge in [-0.25, -0.2) is 4.68 Å². The van der Waals surface area contributed by atoms with Crippen LogP contribution in [0.1, 0.15) is 19.8 Å². The third-order valence-electron chi connectivity index (χ3n) is 1.41. The minimum Gasteiger partial charge on any atom is -0.384 e. The predicted molar refractivity (Wildman–Crippen MR) is 45.6 cm³/mol. The van der Waals surface area contributed by atoms with E-state index in [1.165, 1.54) is 0 Å². The Morgan fingerprint density at radius 2 is 2.55 bits per heavy atom. The van der Waals surface area contributed by atoms with Crippen molar-refractivity contribution in [1.82, 2.24) is 9.78 Å². The summed E-state index contributed by atoms with van der Waals surface area (Å²) in [6.45, 7) is 2.12. The molecule has 1 rings (SSSR count). The van der Waals surface area contributed by atoms with E-state index >= 15 is 0 Å². The zero-order valence-electron chi connectivity index (χ0n) is 6.70. The van der Waals surface area contributed by atoms with E-state index in [0.717, 1.165) is 12.8 Å². The molecule has 3 nitrogen and oxygen atoms in total. The van der Waals surface area contributed by atoms with Gasteiger partial charge in [0.25, 0.3) is 0 Å². The van der Waals surface area contributed by atoms with E-state index in [2.05, 4.69) is 12.0 Å². The molecule has 1 aromatic heterocycles. The normalized spacial score (nSPS) is 11.9. The van der Waals surface area contributed by atoms with Crippen LogP contribution in [0.15, 0.2) is 24.5 Å². The zero-order chi connectivity index (χ0) is 8.10. The van der Waals surface area contributed by atoms with Crippen molar-refractivity contribution in [2.75, 3.05) is 0 Å². The number of nitrogens with zero attached hydrogens (tertiary/aromatic N) is 2. The first-order valence-corrected chi connectivity index (χ1v) is 3.80. The van der Waals surface area contributed by atoms with Gasteiger partial charge in [0, 0.05) is 12.4 Å². The highest BCUT2D eigenvalue weighted by atomic mass is 15.3. The van der Waals surface area contributed by atoms with Gasteiger partial charge in [-0.3, -0.25) is 0 Å². The lowest BCUT2D eigenvalue weighted by molar-refractivity contribution is 0.868. The van der Waals surface area contributed by atoms with Crippen molar-refractivity contribution in [2.24, 2.45) is 5.73 Å². The second-order valence-corrected chi connectivity index (χ2v) is 2.37. The van der Waals surface area contributed by atoms with Crippen LogP contribution in [-0.4, -0.2) is 9.78 Å². The second-order valence-electron chi connectivity index (χ2n) is 2.37. The summed E-state index contributed by atoms with van der Waals surface area (Å²) in [7, 11) is 0. The molecule has 0 atom stereocenters. The lowest BCUT2D eigenvalue weighted by Gasteiger charge is -1.98. The molecular formula is C8H13N3. The van der Waals surface area contributed by atoms with Gasteiger partial charge in [-0.2, -0.15) is 5.10 Å². The molecule has 0 amide bonds. The summed E-state index contributed by atoms with van der Waals surface area (Å²) in [5.41, 5.74) is 5.69. The summed E-state index contributed by atoms with van der Waals surface area (Å²) >= 11 is 0. The summed E-state index contributed by atoms with van der Waals surface area (Å²) in [5.74, 6) is 0.705. The van der Waals surface area contributed by atoms with Crippen LogP contribution in [0.5, 0.6) is 0 Å². The highest BCUT2D eigenvalue weighted by molar-refractivity contribution is 5.38. The van der Waals surface area contributed by atoms with Crippen LogP contribution in [0.25, 0.3) is 5.82 Å². The third kappa shape index (κ3) is 2.11. The smallest absolute Gasteiger partial charge is 0.120 e. The summed E-state index contributed by atoms with van der Waals surface area (Å²) in [4.78, 5) is 0. The minimum atomic E-state index is 0.705. The van der Waals surface area contributed by atoms with Gasteiger partial charge in [-0.15, -0.1) is 0 Å². The molecule has 1 heterocycles. The Morgan fingerprint density at radius 3 is 3.09 bits per heavy atom. The van der Waals surface area contributed by atoms with Gasteiger partial charge in [0.2, 0.25) is 0 Å². The van der Waals surface area contributed by atoms with Gasteiger partial charge in [-0.1, -0.05) is 13.3 Å². The molecule has 0 fully saturated rings. The molecule has 60 valence electrons. The fraction of sp³-hybridized carbons (Fsp3) is 0.375. The van der Waals surface area contributed by atoms with Gasteiger partial charge in [-0.05, 0) is 18.6 Å². The summed E-state index contributed by atoms with van der Waals surface area (Å²) < 4.78 is 1.66. The van der Waals surface area contributed by atoms with Crippen LogP contribution in [0, 0.1) is 0 Å². The van der Waals surface area contributed by atoms with Crippen molar-refractivity contribution in [3.05, 3.63) is 24.5 Å². The van der Waals surface area contributed by atoms with Crippen molar-refractivity contribution < 1.29 is 0 Å². The molecule has 0 saturated heterocycles. The SMILES string of the molecule is CCC/C=C(\N)n1cccn1. The quantitative estimate of drug-likeness (QED) is 0.710. The molecular weight excluding hydrogens is 138 g/mol. The van der Waals surface area contributed by atoms with Crippen molar-refractivity contribution in [3.63, 3.8) is 0 Å². The Hall–Kier alpha value is -1.25. The molecule has 0 radical (unpaired) electrons. The molecule has 11 heavy (non-hydrogen) atoms. The lowest BCUT2D eigenvalue weighted by atomic mass is 10.3. The average Bonchev–Trinajstić information content (AvgIpc) is 2.52. The van der Waals surface area contributed by atoms with Crippen LogP contribution in [0.3, 0.4) is 0 Å². The lowest BCUT2D eigenvalue weighted by Crippen LogP contribution is -2.06. The first-order valence-electron chi connectivity index (χ1n) is 3.80. The van der Waals surface area contributed by atoms with Crippen molar-refractivity contribution >= 4 is 5.82 Å². The Labute approximate surface area is 66.5 Å². The summed E-state index contributed by atoms with van der Waals surface area (Å²) in [6, 6.07) is 1.85. The Balaban J connectivity index is 2.62. The third-order valence-corrected chi connectivity index (χ3v) is 1.41. The molecule has 0 bridgehead atoms. The largest absolute Gasteiger partial charge is 0.384 e. The molecule has 0 unspecified atom stereocenters. The maximum Gasteiger partial charge on any atom is 0.120 e. The van der Waals surface area contributed by atoms with E-state index in [-0.39, 0.29) is 0 Å². The zero-order valence-corrected chi connectivity index (χ0v) is 6.70. The number of hydrogen-bond donors (Lipinski definition) is 1. The van der Waals surface area contributed by atoms with Gasteiger partial charge < -0.3 is 5.73 Å².